The van der Waals surface area contributed by atoms with Gasteiger partial charge in [0.15, 0.2) is 0 Å². The first kappa shape index (κ1) is 30.4. The first-order chi connectivity index (χ1) is 19.1. The molecule has 0 radical (unpaired) electrons. The lowest BCUT2D eigenvalue weighted by Gasteiger charge is -2.30. The maximum atomic E-state index is 2.63. The molecule has 2 aromatic heterocycles. The van der Waals surface area contributed by atoms with Gasteiger partial charge in [-0.25, -0.2) is 0 Å². The molecule has 3 heterocycles. The van der Waals surface area contributed by atoms with Crippen LogP contribution in [0.5, 0.6) is 0 Å². The molecule has 0 saturated heterocycles. The normalized spacial score (nSPS) is 21.9. The molecule has 4 atom stereocenters. The van der Waals surface area contributed by atoms with Crippen molar-refractivity contribution in [3.05, 3.63) is 52.4 Å². The highest BCUT2D eigenvalue weighted by molar-refractivity contribution is 8.01. The van der Waals surface area contributed by atoms with E-state index in [-0.39, 0.29) is 4.75 Å². The molecule has 40 heavy (non-hydrogen) atoms. The largest absolute Gasteiger partial charge is 0.137 e. The van der Waals surface area contributed by atoms with Crippen molar-refractivity contribution in [1.29, 1.82) is 0 Å². The van der Waals surface area contributed by atoms with Crippen molar-refractivity contribution < 1.29 is 0 Å². The SMILES string of the molecule is CC(C)CCCC(C)CCC1=CC2(C)Sc3c(sc4c3sc3cc(CCC(C)CCCC(C)C)ccc34)C2C=C1. The summed E-state index contributed by atoms with van der Waals surface area (Å²) < 4.78 is 4.75. The van der Waals surface area contributed by atoms with Gasteiger partial charge in [-0.15, -0.1) is 34.4 Å². The Labute approximate surface area is 257 Å². The van der Waals surface area contributed by atoms with Gasteiger partial charge in [-0.2, -0.15) is 0 Å². The zero-order valence-electron chi connectivity index (χ0n) is 26.1. The summed E-state index contributed by atoms with van der Waals surface area (Å²) in [4.78, 5) is 3.20. The van der Waals surface area contributed by atoms with E-state index in [1.807, 2.05) is 0 Å². The second-order valence-corrected chi connectivity index (χ2v) is 17.8. The van der Waals surface area contributed by atoms with Crippen LogP contribution in [0, 0.1) is 23.7 Å². The molecule has 3 aromatic rings. The summed E-state index contributed by atoms with van der Waals surface area (Å²) in [5, 5.41) is 1.48. The summed E-state index contributed by atoms with van der Waals surface area (Å²) in [6, 6.07) is 7.35. The predicted octanol–water partition coefficient (Wildman–Crippen LogP) is 13.2. The van der Waals surface area contributed by atoms with E-state index >= 15 is 0 Å². The van der Waals surface area contributed by atoms with Crippen LogP contribution >= 0.6 is 34.4 Å². The molecule has 0 saturated carbocycles. The van der Waals surface area contributed by atoms with Crippen LogP contribution < -0.4 is 0 Å². The van der Waals surface area contributed by atoms with Crippen molar-refractivity contribution in [3.63, 3.8) is 0 Å². The van der Waals surface area contributed by atoms with Crippen LogP contribution in [-0.2, 0) is 6.42 Å². The maximum Gasteiger partial charge on any atom is 0.0602 e. The summed E-state index contributed by atoms with van der Waals surface area (Å²) in [5.41, 5.74) is 3.09. The Morgan fingerprint density at radius 1 is 0.775 bits per heavy atom. The molecule has 0 bridgehead atoms. The highest BCUT2D eigenvalue weighted by Crippen LogP contribution is 2.63. The van der Waals surface area contributed by atoms with Crippen LogP contribution in [0.4, 0.5) is 0 Å². The van der Waals surface area contributed by atoms with Gasteiger partial charge in [0.2, 0.25) is 0 Å². The molecule has 1 aliphatic heterocycles. The summed E-state index contributed by atoms with van der Waals surface area (Å²) in [6.45, 7) is 16.8. The lowest BCUT2D eigenvalue weighted by molar-refractivity contribution is 0.436. The number of hydrogen-bond acceptors (Lipinski definition) is 3. The van der Waals surface area contributed by atoms with Crippen LogP contribution in [0.2, 0.25) is 0 Å². The Bertz CT molecular complexity index is 1350. The standard InChI is InChI=1S/C37H52S3/c1-24(2)10-8-12-26(5)14-16-28-18-20-30-32(22-28)38-35-33(30)39-34-31-21-19-29(23-37(31,7)40-36(34)35)17-15-27(6)13-9-11-25(3)4/h18-27,31H,8-17H2,1-7H3. The molecule has 0 spiro atoms. The van der Waals surface area contributed by atoms with Crippen LogP contribution in [0.15, 0.2) is 46.9 Å². The highest BCUT2D eigenvalue weighted by Gasteiger charge is 2.45. The summed E-state index contributed by atoms with van der Waals surface area (Å²) >= 11 is 6.28. The smallest absolute Gasteiger partial charge is 0.0602 e. The summed E-state index contributed by atoms with van der Waals surface area (Å²) in [5.74, 6) is 3.84. The zero-order valence-corrected chi connectivity index (χ0v) is 28.6. The molecule has 3 heteroatoms. The average molecular weight is 593 g/mol. The maximum absolute atomic E-state index is 2.63. The molecule has 0 fully saturated rings. The van der Waals surface area contributed by atoms with E-state index in [9.17, 15) is 0 Å². The van der Waals surface area contributed by atoms with Crippen LogP contribution in [0.25, 0.3) is 19.5 Å². The van der Waals surface area contributed by atoms with Crippen LogP contribution in [0.3, 0.4) is 0 Å². The second-order valence-electron chi connectivity index (χ2n) is 14.2. The topological polar surface area (TPSA) is 0 Å². The Balaban J connectivity index is 1.24. The minimum atomic E-state index is 0.174. The van der Waals surface area contributed by atoms with E-state index in [4.69, 9.17) is 0 Å². The fourth-order valence-electron chi connectivity index (χ4n) is 6.69. The summed E-state index contributed by atoms with van der Waals surface area (Å²) in [6.07, 6.45) is 21.0. The number of rotatable bonds is 14. The number of thiophene rings is 2. The monoisotopic (exact) mass is 592 g/mol. The molecule has 2 aliphatic rings. The first-order valence-corrected chi connectivity index (χ1v) is 18.6. The van der Waals surface area contributed by atoms with Crippen molar-refractivity contribution in [1.82, 2.24) is 0 Å². The van der Waals surface area contributed by atoms with Gasteiger partial charge in [-0.1, -0.05) is 116 Å². The van der Waals surface area contributed by atoms with Gasteiger partial charge in [0.25, 0.3) is 0 Å². The van der Waals surface area contributed by atoms with Crippen molar-refractivity contribution in [2.45, 2.75) is 128 Å². The van der Waals surface area contributed by atoms with E-state index in [1.165, 1.54) is 84.6 Å². The third-order valence-electron chi connectivity index (χ3n) is 9.36. The van der Waals surface area contributed by atoms with Gasteiger partial charge in [-0.3, -0.25) is 0 Å². The fraction of sp³-hybridized carbons (Fsp3) is 0.622. The third-order valence-corrected chi connectivity index (χ3v) is 13.7. The van der Waals surface area contributed by atoms with Gasteiger partial charge in [-0.05, 0) is 67.9 Å². The van der Waals surface area contributed by atoms with Gasteiger partial charge in [0.05, 0.1) is 9.40 Å². The molecule has 0 N–H and O–H groups in total. The Kier molecular flexibility index (Phi) is 9.96. The van der Waals surface area contributed by atoms with E-state index in [1.54, 1.807) is 20.0 Å². The van der Waals surface area contributed by atoms with Crippen molar-refractivity contribution in [2.75, 3.05) is 0 Å². The Morgan fingerprint density at radius 3 is 2.12 bits per heavy atom. The van der Waals surface area contributed by atoms with E-state index in [0.717, 1.165) is 23.7 Å². The van der Waals surface area contributed by atoms with Crippen molar-refractivity contribution in [2.24, 2.45) is 23.7 Å². The van der Waals surface area contributed by atoms with Crippen LogP contribution in [-0.4, -0.2) is 4.75 Å². The van der Waals surface area contributed by atoms with E-state index in [0.29, 0.717) is 5.92 Å². The molecule has 0 nitrogen and oxygen atoms in total. The number of thioether (sulfide) groups is 1. The Hall–Kier alpha value is -1.03. The molecular formula is C37H52S3. The van der Waals surface area contributed by atoms with Crippen molar-refractivity contribution >= 4 is 53.9 Å². The number of hydrogen-bond donors (Lipinski definition) is 0. The van der Waals surface area contributed by atoms with E-state index < -0.39 is 0 Å². The molecule has 218 valence electrons. The molecule has 1 aromatic carbocycles. The quantitative estimate of drug-likeness (QED) is 0.179. The molecule has 1 aliphatic carbocycles. The second kappa shape index (κ2) is 13.1. The lowest BCUT2D eigenvalue weighted by Crippen LogP contribution is -2.23. The highest BCUT2D eigenvalue weighted by atomic mass is 32.2. The lowest BCUT2D eigenvalue weighted by atomic mass is 9.83. The van der Waals surface area contributed by atoms with E-state index in [2.05, 4.69) is 119 Å². The minimum Gasteiger partial charge on any atom is -0.137 e. The van der Waals surface area contributed by atoms with Gasteiger partial charge < -0.3 is 0 Å². The molecular weight excluding hydrogens is 541 g/mol. The number of aryl methyl sites for hydroxylation is 1. The minimum absolute atomic E-state index is 0.174. The molecule has 0 amide bonds. The zero-order chi connectivity index (χ0) is 28.4. The average Bonchev–Trinajstić information content (AvgIpc) is 3.51. The first-order valence-electron chi connectivity index (χ1n) is 16.2. The van der Waals surface area contributed by atoms with Crippen molar-refractivity contribution in [3.8, 4) is 0 Å². The molecule has 4 unspecified atom stereocenters. The number of benzene rings is 1. The Morgan fingerprint density at radius 2 is 1.45 bits per heavy atom. The van der Waals surface area contributed by atoms with Gasteiger partial charge in [0, 0.05) is 30.5 Å². The number of allylic oxidation sites excluding steroid dienone is 3. The number of fused-ring (bicyclic) bond motifs is 7. The third kappa shape index (κ3) is 6.95. The molecule has 5 rings (SSSR count). The fourth-order valence-corrected chi connectivity index (χ4v) is 11.6. The van der Waals surface area contributed by atoms with Gasteiger partial charge in [0.1, 0.15) is 0 Å². The summed E-state index contributed by atoms with van der Waals surface area (Å²) in [7, 11) is 0. The predicted molar refractivity (Wildman–Crippen MR) is 185 cm³/mol. The van der Waals surface area contributed by atoms with Crippen LogP contribution in [0.1, 0.15) is 123 Å². The van der Waals surface area contributed by atoms with Gasteiger partial charge >= 0.3 is 0 Å².